The molecule has 0 radical (unpaired) electrons. The molecule has 0 fully saturated rings. The Labute approximate surface area is 228 Å². The van der Waals surface area contributed by atoms with Crippen LogP contribution < -0.4 is 0 Å². The molecule has 0 aromatic heterocycles. The van der Waals surface area contributed by atoms with Crippen LogP contribution in [0.15, 0.2) is 24.3 Å². The van der Waals surface area contributed by atoms with E-state index in [0.29, 0.717) is 12.8 Å². The summed E-state index contributed by atoms with van der Waals surface area (Å²) in [5.74, 6) is -0.611. The minimum Gasteiger partial charge on any atom is -0.462 e. The van der Waals surface area contributed by atoms with Crippen LogP contribution in [0.25, 0.3) is 0 Å². The van der Waals surface area contributed by atoms with Crippen LogP contribution in [0.1, 0.15) is 149 Å². The van der Waals surface area contributed by atoms with Gasteiger partial charge in [0, 0.05) is 12.8 Å². The molecule has 216 valence electrons. The number of carbonyl (C=O) groups is 2. The van der Waals surface area contributed by atoms with Crippen LogP contribution in [-0.2, 0) is 19.1 Å². The van der Waals surface area contributed by atoms with Gasteiger partial charge in [0.05, 0.1) is 6.61 Å². The second kappa shape index (κ2) is 28.9. The molecule has 0 saturated carbocycles. The summed E-state index contributed by atoms with van der Waals surface area (Å²) in [6.07, 6.45) is 31.0. The van der Waals surface area contributed by atoms with Gasteiger partial charge in [0.15, 0.2) is 6.10 Å². The number of unbranched alkanes of at least 4 members (excludes halogenated alkanes) is 15. The molecule has 5 heteroatoms. The fraction of sp³-hybridized carbons (Fsp3) is 0.812. The van der Waals surface area contributed by atoms with Crippen LogP contribution >= 0.6 is 0 Å². The average Bonchev–Trinajstić information content (AvgIpc) is 2.90. The third-order valence-electron chi connectivity index (χ3n) is 6.50. The fourth-order valence-electron chi connectivity index (χ4n) is 4.11. The predicted molar refractivity (Wildman–Crippen MR) is 155 cm³/mol. The normalized spacial score (nSPS) is 12.4. The van der Waals surface area contributed by atoms with Crippen molar-refractivity contribution < 1.29 is 24.2 Å². The first kappa shape index (κ1) is 35.4. The molecule has 5 nitrogen and oxygen atoms in total. The second-order valence-electron chi connectivity index (χ2n) is 10.2. The van der Waals surface area contributed by atoms with E-state index in [2.05, 4.69) is 38.2 Å². The number of hydrogen-bond acceptors (Lipinski definition) is 5. The molecule has 0 aromatic rings. The highest BCUT2D eigenvalue weighted by Crippen LogP contribution is 2.12. The smallest absolute Gasteiger partial charge is 0.306 e. The number of rotatable bonds is 27. The quantitative estimate of drug-likeness (QED) is 0.0663. The molecular formula is C32H58O5. The Bertz CT molecular complexity index is 570. The van der Waals surface area contributed by atoms with Gasteiger partial charge in [-0.2, -0.15) is 0 Å². The topological polar surface area (TPSA) is 72.8 Å². The molecule has 0 bridgehead atoms. The van der Waals surface area contributed by atoms with Crippen LogP contribution in [-0.4, -0.2) is 36.4 Å². The molecule has 0 aliphatic carbocycles. The summed E-state index contributed by atoms with van der Waals surface area (Å²) < 4.78 is 10.5. The Kier molecular flexibility index (Phi) is 27.7. The van der Waals surface area contributed by atoms with Crippen LogP contribution in [0.4, 0.5) is 0 Å². The zero-order valence-electron chi connectivity index (χ0n) is 24.2. The largest absolute Gasteiger partial charge is 0.462 e. The third kappa shape index (κ3) is 27.2. The number of aliphatic hydroxyl groups is 1. The highest BCUT2D eigenvalue weighted by molar-refractivity contribution is 5.70. The summed E-state index contributed by atoms with van der Waals surface area (Å²) in [5, 5.41) is 9.43. The van der Waals surface area contributed by atoms with Gasteiger partial charge in [-0.15, -0.1) is 0 Å². The SMILES string of the molecule is CCCCC/C=C\C/C=C\CCCCCCCCCC(=O)OC(CO)COC(=O)CCCCCCCC. The van der Waals surface area contributed by atoms with Crippen molar-refractivity contribution in [2.45, 2.75) is 155 Å². The van der Waals surface area contributed by atoms with Crippen LogP contribution in [0, 0.1) is 0 Å². The number of carbonyl (C=O) groups excluding carboxylic acids is 2. The minimum atomic E-state index is -0.767. The molecule has 0 spiro atoms. The maximum absolute atomic E-state index is 12.0. The molecule has 1 unspecified atom stereocenters. The standard InChI is InChI=1S/C32H58O5/c1-3-5-7-9-11-12-13-14-15-16-17-18-19-20-21-23-25-27-32(35)37-30(28-33)29-36-31(34)26-24-22-10-8-6-4-2/h11-12,14-15,30,33H,3-10,13,16-29H2,1-2H3/b12-11-,15-14-. The lowest BCUT2D eigenvalue weighted by atomic mass is 10.1. The van der Waals surface area contributed by atoms with Gasteiger partial charge in [-0.25, -0.2) is 0 Å². The summed E-state index contributed by atoms with van der Waals surface area (Å²) in [6, 6.07) is 0. The maximum atomic E-state index is 12.0. The maximum Gasteiger partial charge on any atom is 0.306 e. The van der Waals surface area contributed by atoms with Gasteiger partial charge in [0.1, 0.15) is 6.61 Å². The van der Waals surface area contributed by atoms with Crippen molar-refractivity contribution in [3.8, 4) is 0 Å². The molecule has 0 aliphatic heterocycles. The minimum absolute atomic E-state index is 0.0676. The highest BCUT2D eigenvalue weighted by Gasteiger charge is 2.16. The predicted octanol–water partition coefficient (Wildman–Crippen LogP) is 8.78. The van der Waals surface area contributed by atoms with E-state index in [1.165, 1.54) is 70.6 Å². The molecule has 37 heavy (non-hydrogen) atoms. The van der Waals surface area contributed by atoms with Gasteiger partial charge in [-0.1, -0.05) is 115 Å². The Hall–Kier alpha value is -1.62. The Balaban J connectivity index is 3.58. The summed E-state index contributed by atoms with van der Waals surface area (Å²) in [7, 11) is 0. The Morgan fingerprint density at radius 1 is 0.622 bits per heavy atom. The van der Waals surface area contributed by atoms with Gasteiger partial charge in [-0.05, 0) is 44.9 Å². The van der Waals surface area contributed by atoms with Gasteiger partial charge in [-0.3, -0.25) is 9.59 Å². The summed E-state index contributed by atoms with van der Waals surface area (Å²) in [6.45, 7) is 4.02. The summed E-state index contributed by atoms with van der Waals surface area (Å²) in [5.41, 5.74) is 0. The van der Waals surface area contributed by atoms with Crippen molar-refractivity contribution in [3.63, 3.8) is 0 Å². The van der Waals surface area contributed by atoms with E-state index in [0.717, 1.165) is 51.4 Å². The van der Waals surface area contributed by atoms with E-state index in [1.54, 1.807) is 0 Å². The molecule has 0 aliphatic rings. The van der Waals surface area contributed by atoms with Crippen molar-refractivity contribution in [1.82, 2.24) is 0 Å². The lowest BCUT2D eigenvalue weighted by molar-refractivity contribution is -0.161. The van der Waals surface area contributed by atoms with Gasteiger partial charge in [0.2, 0.25) is 0 Å². The van der Waals surface area contributed by atoms with E-state index in [1.807, 2.05) is 0 Å². The first-order valence-electron chi connectivity index (χ1n) is 15.4. The van der Waals surface area contributed by atoms with Gasteiger partial charge < -0.3 is 14.6 Å². The van der Waals surface area contributed by atoms with E-state index in [4.69, 9.17) is 9.47 Å². The zero-order valence-corrected chi connectivity index (χ0v) is 24.2. The van der Waals surface area contributed by atoms with E-state index in [9.17, 15) is 14.7 Å². The summed E-state index contributed by atoms with van der Waals surface area (Å²) in [4.78, 5) is 23.9. The Morgan fingerprint density at radius 2 is 1.08 bits per heavy atom. The lowest BCUT2D eigenvalue weighted by Crippen LogP contribution is -2.28. The van der Waals surface area contributed by atoms with Crippen molar-refractivity contribution >= 4 is 11.9 Å². The van der Waals surface area contributed by atoms with E-state index in [-0.39, 0.29) is 25.2 Å². The number of allylic oxidation sites excluding steroid dienone is 4. The second-order valence-corrected chi connectivity index (χ2v) is 10.2. The monoisotopic (exact) mass is 522 g/mol. The number of esters is 2. The van der Waals surface area contributed by atoms with Crippen LogP contribution in [0.2, 0.25) is 0 Å². The summed E-state index contributed by atoms with van der Waals surface area (Å²) >= 11 is 0. The molecule has 1 atom stereocenters. The van der Waals surface area contributed by atoms with Crippen molar-refractivity contribution in [1.29, 1.82) is 0 Å². The zero-order chi connectivity index (χ0) is 27.2. The fourth-order valence-corrected chi connectivity index (χ4v) is 4.11. The van der Waals surface area contributed by atoms with Crippen LogP contribution in [0.3, 0.4) is 0 Å². The van der Waals surface area contributed by atoms with Crippen molar-refractivity contribution in [2.75, 3.05) is 13.2 Å². The van der Waals surface area contributed by atoms with Gasteiger partial charge in [0.25, 0.3) is 0 Å². The van der Waals surface area contributed by atoms with Crippen molar-refractivity contribution in [3.05, 3.63) is 24.3 Å². The first-order valence-corrected chi connectivity index (χ1v) is 15.4. The molecule has 0 amide bonds. The molecule has 0 aromatic carbocycles. The third-order valence-corrected chi connectivity index (χ3v) is 6.50. The molecule has 1 N–H and O–H groups in total. The molecule has 0 heterocycles. The Morgan fingerprint density at radius 3 is 1.65 bits per heavy atom. The van der Waals surface area contributed by atoms with E-state index < -0.39 is 6.10 Å². The number of ether oxygens (including phenoxy) is 2. The molecule has 0 saturated heterocycles. The highest BCUT2D eigenvalue weighted by atomic mass is 16.6. The first-order chi connectivity index (χ1) is 18.1. The average molecular weight is 523 g/mol. The number of aliphatic hydroxyl groups excluding tert-OH is 1. The lowest BCUT2D eigenvalue weighted by Gasteiger charge is -2.15. The van der Waals surface area contributed by atoms with Crippen molar-refractivity contribution in [2.24, 2.45) is 0 Å². The molecular weight excluding hydrogens is 464 g/mol. The number of hydrogen-bond donors (Lipinski definition) is 1. The van der Waals surface area contributed by atoms with Gasteiger partial charge >= 0.3 is 11.9 Å². The van der Waals surface area contributed by atoms with E-state index >= 15 is 0 Å². The molecule has 0 rings (SSSR count). The van der Waals surface area contributed by atoms with Crippen LogP contribution in [0.5, 0.6) is 0 Å².